The van der Waals surface area contributed by atoms with Gasteiger partial charge in [-0.15, -0.1) is 0 Å². The molecule has 4 aromatic carbocycles. The normalized spacial score (nSPS) is 17.8. The van der Waals surface area contributed by atoms with Gasteiger partial charge in [0.25, 0.3) is 0 Å². The van der Waals surface area contributed by atoms with Gasteiger partial charge in [0.2, 0.25) is 5.91 Å². The first-order valence-corrected chi connectivity index (χ1v) is 17.8. The van der Waals surface area contributed by atoms with Gasteiger partial charge in [0.15, 0.2) is 17.6 Å². The minimum atomic E-state index is -1.11. The summed E-state index contributed by atoms with van der Waals surface area (Å²) in [6, 6.07) is 29.0. The van der Waals surface area contributed by atoms with Gasteiger partial charge < -0.3 is 25.0 Å². The molecule has 0 spiro atoms. The summed E-state index contributed by atoms with van der Waals surface area (Å²) in [7, 11) is 0. The third-order valence-corrected chi connectivity index (χ3v) is 10.4. The molecule has 1 amide bonds. The molecule has 0 saturated carbocycles. The molecule has 52 heavy (non-hydrogen) atoms. The lowest BCUT2D eigenvalue weighted by Crippen LogP contribution is -2.55. The Balaban J connectivity index is 1.14. The number of fused-ring (bicyclic) bond motifs is 2. The van der Waals surface area contributed by atoms with Crippen LogP contribution in [0.4, 0.5) is 0 Å². The van der Waals surface area contributed by atoms with E-state index in [9.17, 15) is 19.8 Å². The van der Waals surface area contributed by atoms with Crippen LogP contribution < -0.4 is 14.8 Å². The molecule has 5 aromatic rings. The van der Waals surface area contributed by atoms with Gasteiger partial charge in [0.1, 0.15) is 18.4 Å². The summed E-state index contributed by atoms with van der Waals surface area (Å²) >= 11 is 0. The third kappa shape index (κ3) is 7.22. The van der Waals surface area contributed by atoms with Crippen molar-refractivity contribution >= 4 is 11.9 Å². The third-order valence-electron chi connectivity index (χ3n) is 10.4. The van der Waals surface area contributed by atoms with Gasteiger partial charge in [-0.3, -0.25) is 14.7 Å². The number of aryl methyl sites for hydroxylation is 1. The zero-order valence-electron chi connectivity index (χ0n) is 29.6. The zero-order valence-corrected chi connectivity index (χ0v) is 29.6. The van der Waals surface area contributed by atoms with E-state index in [0.29, 0.717) is 31.1 Å². The van der Waals surface area contributed by atoms with E-state index in [4.69, 9.17) is 9.47 Å². The summed E-state index contributed by atoms with van der Waals surface area (Å²) in [5, 5.41) is 23.0. The van der Waals surface area contributed by atoms with Crippen molar-refractivity contribution in [3.8, 4) is 28.4 Å². The second-order valence-electron chi connectivity index (χ2n) is 13.7. The zero-order chi connectivity index (χ0) is 36.4. The number of benzene rings is 4. The average Bonchev–Trinajstić information content (AvgIpc) is 3.15. The Morgan fingerprint density at radius 2 is 1.67 bits per heavy atom. The molecule has 0 radical (unpaired) electrons. The Kier molecular flexibility index (Phi) is 9.96. The molecule has 4 atom stereocenters. The molecule has 9 heteroatoms. The Labute approximate surface area is 303 Å². The van der Waals surface area contributed by atoms with Crippen molar-refractivity contribution < 1.29 is 29.3 Å². The van der Waals surface area contributed by atoms with E-state index in [-0.39, 0.29) is 30.2 Å². The number of nitrogens with one attached hydrogen (secondary N) is 1. The fourth-order valence-corrected chi connectivity index (χ4v) is 7.41. The predicted octanol–water partition coefficient (Wildman–Crippen LogP) is 7.27. The summed E-state index contributed by atoms with van der Waals surface area (Å²) in [5.41, 5.74) is 8.97. The largest absolute Gasteiger partial charge is 0.508 e. The molecule has 2 aliphatic heterocycles. The second-order valence-corrected chi connectivity index (χ2v) is 13.7. The lowest BCUT2D eigenvalue weighted by molar-refractivity contribution is -0.143. The van der Waals surface area contributed by atoms with Gasteiger partial charge in [-0.1, -0.05) is 73.7 Å². The Morgan fingerprint density at radius 3 is 2.38 bits per heavy atom. The van der Waals surface area contributed by atoms with Crippen molar-refractivity contribution in [2.45, 2.75) is 70.8 Å². The van der Waals surface area contributed by atoms with Gasteiger partial charge in [-0.25, -0.2) is 4.79 Å². The first-order chi connectivity index (χ1) is 25.2. The van der Waals surface area contributed by atoms with E-state index in [0.717, 1.165) is 56.6 Å². The number of phenols is 1. The van der Waals surface area contributed by atoms with Gasteiger partial charge in [0.05, 0.1) is 6.04 Å². The van der Waals surface area contributed by atoms with Crippen LogP contribution in [0.15, 0.2) is 103 Å². The van der Waals surface area contributed by atoms with Crippen molar-refractivity contribution in [3.63, 3.8) is 0 Å². The van der Waals surface area contributed by atoms with Gasteiger partial charge >= 0.3 is 5.97 Å². The molecule has 0 fully saturated rings. The van der Waals surface area contributed by atoms with Crippen molar-refractivity contribution in [1.29, 1.82) is 0 Å². The number of carbonyl (C=O) groups is 2. The number of pyridine rings is 1. The maximum Gasteiger partial charge on any atom is 0.326 e. The molecule has 2 aliphatic rings. The number of aromatic hydroxyl groups is 1. The van der Waals surface area contributed by atoms with Crippen LogP contribution in [0.5, 0.6) is 17.2 Å². The average molecular weight is 698 g/mol. The quantitative estimate of drug-likeness (QED) is 0.139. The van der Waals surface area contributed by atoms with Gasteiger partial charge in [0, 0.05) is 30.9 Å². The maximum atomic E-state index is 14.3. The molecule has 266 valence electrons. The van der Waals surface area contributed by atoms with E-state index in [1.54, 1.807) is 18.3 Å². The molecule has 0 unspecified atom stereocenters. The van der Waals surface area contributed by atoms with Crippen molar-refractivity contribution in [1.82, 2.24) is 15.2 Å². The molecule has 1 aromatic heterocycles. The van der Waals surface area contributed by atoms with Crippen molar-refractivity contribution in [2.75, 3.05) is 6.61 Å². The van der Waals surface area contributed by atoms with E-state index in [2.05, 4.69) is 34.3 Å². The van der Waals surface area contributed by atoms with Crippen molar-refractivity contribution in [3.05, 3.63) is 142 Å². The number of carboxylic acids is 1. The Morgan fingerprint density at radius 1 is 0.942 bits per heavy atom. The molecule has 3 N–H and O–H groups in total. The minimum absolute atomic E-state index is 0.0841. The molecule has 9 nitrogen and oxygen atoms in total. The Bertz CT molecular complexity index is 2070. The van der Waals surface area contributed by atoms with E-state index < -0.39 is 18.1 Å². The highest BCUT2D eigenvalue weighted by molar-refractivity contribution is 5.87. The van der Waals surface area contributed by atoms with Crippen LogP contribution in [-0.2, 0) is 29.0 Å². The highest BCUT2D eigenvalue weighted by Gasteiger charge is 2.38. The SMILES string of the molecule is CC[C@@H](c1ccccc1)N1Cc2cc3c(cc2C[C@H]1C(=O)N[C@@H](Cc1ccc(-c2ccnc(C)c2C)cc1)C(=O)O)OC[C@H](c1ccc(O)cc1)O3. The van der Waals surface area contributed by atoms with E-state index in [1.165, 1.54) is 0 Å². The fraction of sp³-hybridized carbons (Fsp3) is 0.279. The number of nitrogens with zero attached hydrogens (tertiary/aromatic N) is 2. The number of phenolic OH excluding ortho intramolecular Hbond substituents is 1. The summed E-state index contributed by atoms with van der Waals surface area (Å²) in [6.07, 6.45) is 2.75. The number of carbonyl (C=O) groups excluding carboxylic acids is 1. The number of hydrogen-bond donors (Lipinski definition) is 3. The minimum Gasteiger partial charge on any atom is -0.508 e. The highest BCUT2D eigenvalue weighted by atomic mass is 16.6. The van der Waals surface area contributed by atoms with Crippen LogP contribution in [0.2, 0.25) is 0 Å². The first-order valence-electron chi connectivity index (χ1n) is 17.8. The van der Waals surface area contributed by atoms with E-state index in [1.807, 2.05) is 86.6 Å². The molecule has 0 bridgehead atoms. The monoisotopic (exact) mass is 697 g/mol. The maximum absolute atomic E-state index is 14.3. The highest BCUT2D eigenvalue weighted by Crippen LogP contribution is 2.42. The van der Waals surface area contributed by atoms with Crippen LogP contribution in [0.1, 0.15) is 64.6 Å². The second kappa shape index (κ2) is 14.9. The lowest BCUT2D eigenvalue weighted by Gasteiger charge is -2.42. The van der Waals surface area contributed by atoms with Crippen LogP contribution >= 0.6 is 0 Å². The number of aliphatic carboxylic acids is 1. The van der Waals surface area contributed by atoms with E-state index >= 15 is 0 Å². The summed E-state index contributed by atoms with van der Waals surface area (Å²) in [6.45, 7) is 6.90. The predicted molar refractivity (Wildman–Crippen MR) is 198 cm³/mol. The number of hydrogen-bond acceptors (Lipinski definition) is 7. The van der Waals surface area contributed by atoms with Gasteiger partial charge in [-0.2, -0.15) is 0 Å². The molecular weight excluding hydrogens is 654 g/mol. The standard InChI is InChI=1S/C43H43N3O6/c1-4-37(30-8-6-5-7-9-30)46-24-33-23-40-39(51-25-41(52-40)31-14-16-34(47)17-15-31)22-32(33)21-38(46)42(48)45-36(43(49)50)20-28-10-12-29(13-11-28)35-18-19-44-27(3)26(35)2/h5-19,22-23,36-38,41,47H,4,20-21,24-25H2,1-3H3,(H,45,48)(H,49,50)/t36-,37-,38-,41+/m0/s1. The molecule has 3 heterocycles. The summed E-state index contributed by atoms with van der Waals surface area (Å²) < 4.78 is 12.6. The first kappa shape index (κ1) is 34.8. The smallest absolute Gasteiger partial charge is 0.326 e. The number of ether oxygens (including phenoxy) is 2. The number of rotatable bonds is 10. The molecular formula is C43H43N3O6. The number of carboxylic acid groups (broad SMARTS) is 1. The molecule has 0 aliphatic carbocycles. The fourth-order valence-electron chi connectivity index (χ4n) is 7.41. The van der Waals surface area contributed by atoms with Crippen LogP contribution in [0, 0.1) is 13.8 Å². The van der Waals surface area contributed by atoms with Crippen molar-refractivity contribution in [2.24, 2.45) is 0 Å². The number of amides is 1. The molecule has 7 rings (SSSR count). The van der Waals surface area contributed by atoms with Gasteiger partial charge in [-0.05, 0) is 102 Å². The van der Waals surface area contributed by atoms with Crippen LogP contribution in [-0.4, -0.2) is 50.7 Å². The summed E-state index contributed by atoms with van der Waals surface area (Å²) in [5.74, 6) is 0.0196. The lowest BCUT2D eigenvalue weighted by atomic mass is 9.89. The molecule has 0 saturated heterocycles. The topological polar surface area (TPSA) is 121 Å². The van der Waals surface area contributed by atoms with Crippen LogP contribution in [0.3, 0.4) is 0 Å². The summed E-state index contributed by atoms with van der Waals surface area (Å²) in [4.78, 5) is 33.5. The Hall–Kier alpha value is -5.67. The van der Waals surface area contributed by atoms with Crippen LogP contribution in [0.25, 0.3) is 11.1 Å². The number of aromatic nitrogens is 1.